The van der Waals surface area contributed by atoms with Crippen LogP contribution in [0.15, 0.2) is 54.7 Å². The first-order valence-corrected chi connectivity index (χ1v) is 7.97. The van der Waals surface area contributed by atoms with E-state index in [2.05, 4.69) is 20.6 Å². The van der Waals surface area contributed by atoms with Gasteiger partial charge in [-0.1, -0.05) is 23.7 Å². The summed E-state index contributed by atoms with van der Waals surface area (Å²) in [5.41, 5.74) is 1.40. The normalized spacial score (nSPS) is 9.85. The highest BCUT2D eigenvalue weighted by Gasteiger charge is 2.12. The second kappa shape index (κ2) is 9.07. The van der Waals surface area contributed by atoms with Gasteiger partial charge in [-0.2, -0.15) is 4.98 Å². The van der Waals surface area contributed by atoms with Crippen LogP contribution in [0.4, 0.5) is 23.1 Å². The number of carboxylic acids is 1. The number of rotatable bonds is 6. The number of benzene rings is 2. The molecule has 0 radical (unpaired) electrons. The highest BCUT2D eigenvalue weighted by molar-refractivity contribution is 6.33. The maximum Gasteiger partial charge on any atom is 0.339 e. The standard InChI is InChI=1S/C18H15ClN4O3.ClH/c1-26-15-10-11(6-7-12(15)17(24)25)21-18-20-9-8-16(23-18)22-14-5-3-2-4-13(14)19;/h2-10H,1H3,(H,24,25)(H2,20,21,22,23);1H. The first-order chi connectivity index (χ1) is 12.6. The van der Waals surface area contributed by atoms with Gasteiger partial charge in [-0.05, 0) is 30.3 Å². The summed E-state index contributed by atoms with van der Waals surface area (Å²) in [5.74, 6) is 0.0836. The second-order valence-electron chi connectivity index (χ2n) is 5.22. The Balaban J connectivity index is 0.00000261. The summed E-state index contributed by atoms with van der Waals surface area (Å²) < 4.78 is 5.11. The SMILES string of the molecule is COc1cc(Nc2nccc(Nc3ccccc3Cl)n2)ccc1C(=O)O.Cl. The maximum atomic E-state index is 11.2. The van der Waals surface area contributed by atoms with E-state index >= 15 is 0 Å². The fraction of sp³-hybridized carbons (Fsp3) is 0.0556. The van der Waals surface area contributed by atoms with Gasteiger partial charge in [0.1, 0.15) is 17.1 Å². The first kappa shape index (κ1) is 20.3. The Bertz CT molecular complexity index is 953. The fourth-order valence-electron chi connectivity index (χ4n) is 2.26. The number of methoxy groups -OCH3 is 1. The second-order valence-corrected chi connectivity index (χ2v) is 5.62. The summed E-state index contributed by atoms with van der Waals surface area (Å²) in [7, 11) is 1.41. The molecule has 1 aromatic heterocycles. The molecule has 27 heavy (non-hydrogen) atoms. The zero-order valence-corrected chi connectivity index (χ0v) is 15.7. The van der Waals surface area contributed by atoms with Crippen molar-refractivity contribution in [3.8, 4) is 5.75 Å². The van der Waals surface area contributed by atoms with Gasteiger partial charge in [0.05, 0.1) is 17.8 Å². The first-order valence-electron chi connectivity index (χ1n) is 7.60. The van der Waals surface area contributed by atoms with Gasteiger partial charge in [-0.25, -0.2) is 9.78 Å². The Labute approximate surface area is 166 Å². The predicted molar refractivity (Wildman–Crippen MR) is 107 cm³/mol. The minimum Gasteiger partial charge on any atom is -0.496 e. The monoisotopic (exact) mass is 406 g/mol. The van der Waals surface area contributed by atoms with E-state index < -0.39 is 5.97 Å². The number of aromatic nitrogens is 2. The van der Waals surface area contributed by atoms with E-state index in [0.717, 1.165) is 5.69 Å². The molecule has 3 rings (SSSR count). The number of hydrogen-bond acceptors (Lipinski definition) is 6. The molecular formula is C18H16Cl2N4O3. The summed E-state index contributed by atoms with van der Waals surface area (Å²) in [6, 6.07) is 13.7. The van der Waals surface area contributed by atoms with Crippen LogP contribution in [0, 0.1) is 0 Å². The van der Waals surface area contributed by atoms with Gasteiger partial charge in [0, 0.05) is 18.0 Å². The highest BCUT2D eigenvalue weighted by atomic mass is 35.5. The number of para-hydroxylation sites is 1. The number of nitrogens with one attached hydrogen (secondary N) is 2. The van der Waals surface area contributed by atoms with E-state index in [0.29, 0.717) is 22.5 Å². The van der Waals surface area contributed by atoms with Gasteiger partial charge in [0.15, 0.2) is 0 Å². The molecule has 3 aromatic rings. The van der Waals surface area contributed by atoms with Crippen LogP contribution in [0.3, 0.4) is 0 Å². The quantitative estimate of drug-likeness (QED) is 0.543. The molecular weight excluding hydrogens is 391 g/mol. The number of halogens is 2. The van der Waals surface area contributed by atoms with Crippen LogP contribution in [0.2, 0.25) is 5.02 Å². The van der Waals surface area contributed by atoms with Crippen LogP contribution in [0.25, 0.3) is 0 Å². The molecule has 9 heteroatoms. The molecule has 0 amide bonds. The summed E-state index contributed by atoms with van der Waals surface area (Å²) in [5, 5.41) is 15.8. The lowest BCUT2D eigenvalue weighted by molar-refractivity contribution is 0.0693. The number of hydrogen-bond donors (Lipinski definition) is 3. The smallest absolute Gasteiger partial charge is 0.339 e. The van der Waals surface area contributed by atoms with E-state index in [1.165, 1.54) is 13.2 Å². The van der Waals surface area contributed by atoms with Crippen LogP contribution in [-0.4, -0.2) is 28.2 Å². The number of anilines is 4. The molecule has 7 nitrogen and oxygen atoms in total. The summed E-state index contributed by atoms with van der Waals surface area (Å²) in [6.45, 7) is 0. The van der Waals surface area contributed by atoms with Crippen molar-refractivity contribution in [1.29, 1.82) is 0 Å². The van der Waals surface area contributed by atoms with Crippen molar-refractivity contribution in [2.75, 3.05) is 17.7 Å². The van der Waals surface area contributed by atoms with Gasteiger partial charge >= 0.3 is 5.97 Å². The van der Waals surface area contributed by atoms with E-state index in [1.807, 2.05) is 18.2 Å². The zero-order chi connectivity index (χ0) is 18.5. The number of carbonyl (C=O) groups is 1. The molecule has 3 N–H and O–H groups in total. The molecule has 2 aromatic carbocycles. The topological polar surface area (TPSA) is 96.4 Å². The minimum absolute atomic E-state index is 0. The molecule has 0 fully saturated rings. The average Bonchev–Trinajstić information content (AvgIpc) is 2.63. The van der Waals surface area contributed by atoms with Crippen LogP contribution >= 0.6 is 24.0 Å². The van der Waals surface area contributed by atoms with Crippen molar-refractivity contribution in [3.63, 3.8) is 0 Å². The van der Waals surface area contributed by atoms with Crippen molar-refractivity contribution >= 4 is 53.1 Å². The average molecular weight is 407 g/mol. The van der Waals surface area contributed by atoms with Gasteiger partial charge in [-0.3, -0.25) is 0 Å². The van der Waals surface area contributed by atoms with E-state index in [-0.39, 0.29) is 23.7 Å². The Morgan fingerprint density at radius 3 is 2.63 bits per heavy atom. The molecule has 0 aliphatic rings. The maximum absolute atomic E-state index is 11.2. The molecule has 0 unspecified atom stereocenters. The van der Waals surface area contributed by atoms with E-state index in [1.54, 1.807) is 30.5 Å². The zero-order valence-electron chi connectivity index (χ0n) is 14.1. The Morgan fingerprint density at radius 1 is 1.15 bits per heavy atom. The van der Waals surface area contributed by atoms with Gasteiger partial charge in [0.25, 0.3) is 0 Å². The Hall–Kier alpha value is -3.03. The molecule has 0 saturated heterocycles. The van der Waals surface area contributed by atoms with Crippen LogP contribution in [-0.2, 0) is 0 Å². The molecule has 0 spiro atoms. The van der Waals surface area contributed by atoms with Gasteiger partial charge < -0.3 is 20.5 Å². The minimum atomic E-state index is -1.06. The van der Waals surface area contributed by atoms with Gasteiger partial charge in [0.2, 0.25) is 5.95 Å². The Kier molecular flexibility index (Phi) is 6.81. The number of ether oxygens (including phenoxy) is 1. The third kappa shape index (κ3) is 4.99. The third-order valence-electron chi connectivity index (χ3n) is 3.48. The lowest BCUT2D eigenvalue weighted by Gasteiger charge is -2.11. The number of carboxylic acid groups (broad SMARTS) is 1. The van der Waals surface area contributed by atoms with E-state index in [9.17, 15) is 4.79 Å². The number of nitrogens with zero attached hydrogens (tertiary/aromatic N) is 2. The third-order valence-corrected chi connectivity index (χ3v) is 3.81. The molecule has 0 saturated carbocycles. The van der Waals surface area contributed by atoms with Crippen molar-refractivity contribution < 1.29 is 14.6 Å². The van der Waals surface area contributed by atoms with Gasteiger partial charge in [-0.15, -0.1) is 12.4 Å². The lowest BCUT2D eigenvalue weighted by atomic mass is 10.2. The number of aromatic carboxylic acids is 1. The summed E-state index contributed by atoms with van der Waals surface area (Å²) in [4.78, 5) is 19.7. The van der Waals surface area contributed by atoms with Crippen molar-refractivity contribution in [2.24, 2.45) is 0 Å². The van der Waals surface area contributed by atoms with Crippen molar-refractivity contribution in [2.45, 2.75) is 0 Å². The van der Waals surface area contributed by atoms with Crippen molar-refractivity contribution in [1.82, 2.24) is 9.97 Å². The van der Waals surface area contributed by atoms with Crippen LogP contribution < -0.4 is 15.4 Å². The Morgan fingerprint density at radius 2 is 1.93 bits per heavy atom. The molecule has 0 aliphatic carbocycles. The van der Waals surface area contributed by atoms with E-state index in [4.69, 9.17) is 21.4 Å². The summed E-state index contributed by atoms with van der Waals surface area (Å²) >= 11 is 6.13. The molecule has 1 heterocycles. The molecule has 0 atom stereocenters. The highest BCUT2D eigenvalue weighted by Crippen LogP contribution is 2.26. The van der Waals surface area contributed by atoms with Crippen LogP contribution in [0.1, 0.15) is 10.4 Å². The lowest BCUT2D eigenvalue weighted by Crippen LogP contribution is -2.03. The summed E-state index contributed by atoms with van der Waals surface area (Å²) in [6.07, 6.45) is 1.59. The van der Waals surface area contributed by atoms with Crippen LogP contribution in [0.5, 0.6) is 5.75 Å². The molecule has 0 bridgehead atoms. The molecule has 140 valence electrons. The van der Waals surface area contributed by atoms with Crippen molar-refractivity contribution in [3.05, 3.63) is 65.3 Å². The largest absolute Gasteiger partial charge is 0.496 e. The molecule has 0 aliphatic heterocycles. The fourth-order valence-corrected chi connectivity index (χ4v) is 2.45. The predicted octanol–water partition coefficient (Wildman–Crippen LogP) is 4.75.